The van der Waals surface area contributed by atoms with Crippen LogP contribution < -0.4 is 9.47 Å². The smallest absolute Gasteiger partial charge is 0.167 e. The Morgan fingerprint density at radius 1 is 0.286 bits per heavy atom. The number of ether oxygens (including phenoxy) is 2. The average molecular weight is 1250 g/mol. The van der Waals surface area contributed by atoms with E-state index in [0.717, 1.165) is 100 Å². The summed E-state index contributed by atoms with van der Waals surface area (Å²) in [7, 11) is 0. The number of fused-ring (bicyclic) bond motifs is 19. The van der Waals surface area contributed by atoms with Crippen LogP contribution in [0.3, 0.4) is 0 Å². The predicted molar refractivity (Wildman–Crippen MR) is 390 cm³/mol. The molecule has 0 amide bonds. The third-order valence-corrected chi connectivity index (χ3v) is 20.6. The quantitative estimate of drug-likeness (QED) is 0.148. The molecule has 98 heavy (non-hydrogen) atoms. The SMILES string of the molecule is C1=CCC2Oc3c(-c4nc(-c5ccccc5)nc(-c5ccc6ccccc6c5)n4)cccc3C3(C2=C1)c1ccccc1-c1c(-c2cccc(-c4ccc(-c5nc(-c6ccccc6)nc(-c6cccc7c6Oc6ccccc6C76c7ccccc7-c7ccccc76)n5)cc4)c2)cccc13. The van der Waals surface area contributed by atoms with Crippen LogP contribution in [0.4, 0.5) is 0 Å². The maximum atomic E-state index is 7.39. The van der Waals surface area contributed by atoms with Gasteiger partial charge in [0, 0.05) is 45.4 Å². The van der Waals surface area contributed by atoms with Gasteiger partial charge in [-0.15, -0.1) is 0 Å². The number of para-hydroxylation sites is 3. The number of hydrogen-bond donors (Lipinski definition) is 0. The van der Waals surface area contributed by atoms with Crippen LogP contribution in [0.1, 0.15) is 45.4 Å². The lowest BCUT2D eigenvalue weighted by atomic mass is 9.62. The molecular formula is C90H56N6O2. The molecule has 5 aliphatic rings. The lowest BCUT2D eigenvalue weighted by molar-refractivity contribution is 0.206. The molecule has 20 rings (SSSR count). The number of rotatable bonds is 8. The van der Waals surface area contributed by atoms with Gasteiger partial charge in [-0.1, -0.05) is 291 Å². The highest BCUT2D eigenvalue weighted by Gasteiger charge is 2.55. The van der Waals surface area contributed by atoms with Gasteiger partial charge >= 0.3 is 0 Å². The van der Waals surface area contributed by atoms with Crippen molar-refractivity contribution in [2.75, 3.05) is 0 Å². The van der Waals surface area contributed by atoms with Gasteiger partial charge in [-0.05, 0) is 113 Å². The second kappa shape index (κ2) is 21.9. The third kappa shape index (κ3) is 8.31. The van der Waals surface area contributed by atoms with E-state index in [2.05, 4.69) is 285 Å². The lowest BCUT2D eigenvalue weighted by Gasteiger charge is -2.45. The molecule has 0 N–H and O–H groups in total. The van der Waals surface area contributed by atoms with Gasteiger partial charge in [0.25, 0.3) is 0 Å². The summed E-state index contributed by atoms with van der Waals surface area (Å²) < 4.78 is 14.5. The second-order valence-corrected chi connectivity index (χ2v) is 25.8. The Balaban J connectivity index is 0.692. The van der Waals surface area contributed by atoms with Crippen LogP contribution >= 0.6 is 0 Å². The van der Waals surface area contributed by atoms with E-state index in [1.807, 2.05) is 36.4 Å². The Morgan fingerprint density at radius 2 is 0.735 bits per heavy atom. The van der Waals surface area contributed by atoms with Crippen molar-refractivity contribution in [3.05, 3.63) is 366 Å². The van der Waals surface area contributed by atoms with Gasteiger partial charge < -0.3 is 9.47 Å². The van der Waals surface area contributed by atoms with E-state index in [4.69, 9.17) is 39.4 Å². The first-order chi connectivity index (χ1) is 48.6. The zero-order valence-corrected chi connectivity index (χ0v) is 52.9. The molecule has 13 aromatic carbocycles. The number of hydrogen-bond acceptors (Lipinski definition) is 8. The van der Waals surface area contributed by atoms with Crippen LogP contribution in [0.5, 0.6) is 17.2 Å². The van der Waals surface area contributed by atoms with Crippen molar-refractivity contribution in [2.45, 2.75) is 23.4 Å². The Kier molecular flexibility index (Phi) is 12.4. The fourth-order valence-electron chi connectivity index (χ4n) is 16.4. The normalized spacial score (nSPS) is 15.9. The van der Waals surface area contributed by atoms with Gasteiger partial charge in [-0.2, -0.15) is 0 Å². The minimum atomic E-state index is -0.713. The van der Waals surface area contributed by atoms with Crippen LogP contribution in [-0.4, -0.2) is 36.0 Å². The minimum Gasteiger partial charge on any atom is -0.485 e. The van der Waals surface area contributed by atoms with Crippen LogP contribution in [0.15, 0.2) is 327 Å². The van der Waals surface area contributed by atoms with Gasteiger partial charge in [0.2, 0.25) is 0 Å². The fourth-order valence-corrected chi connectivity index (χ4v) is 16.4. The number of allylic oxidation sites excluding steroid dienone is 2. The zero-order chi connectivity index (χ0) is 64.5. The van der Waals surface area contributed by atoms with Gasteiger partial charge in [-0.3, -0.25) is 0 Å². The van der Waals surface area contributed by atoms with Crippen LogP contribution in [-0.2, 0) is 10.8 Å². The molecule has 0 saturated heterocycles. The largest absolute Gasteiger partial charge is 0.485 e. The summed E-state index contributed by atoms with van der Waals surface area (Å²) >= 11 is 0. The van der Waals surface area contributed by atoms with E-state index in [9.17, 15) is 0 Å². The summed E-state index contributed by atoms with van der Waals surface area (Å²) in [5.74, 6) is 5.71. The summed E-state index contributed by atoms with van der Waals surface area (Å²) in [6, 6.07) is 108. The van der Waals surface area contributed by atoms with Crippen LogP contribution in [0.25, 0.3) is 124 Å². The maximum Gasteiger partial charge on any atom is 0.167 e. The third-order valence-electron chi connectivity index (χ3n) is 20.6. The summed E-state index contributed by atoms with van der Waals surface area (Å²) in [6.45, 7) is 0. The van der Waals surface area contributed by atoms with Crippen molar-refractivity contribution in [3.63, 3.8) is 0 Å². The first kappa shape index (κ1) is 55.7. The monoisotopic (exact) mass is 1250 g/mol. The number of nitrogens with zero attached hydrogens (tertiary/aromatic N) is 6. The molecule has 2 spiro atoms. The Labute approximate surface area is 566 Å². The summed E-state index contributed by atoms with van der Waals surface area (Å²) in [4.78, 5) is 31.7. The van der Waals surface area contributed by atoms with Crippen molar-refractivity contribution < 1.29 is 9.47 Å². The molecule has 0 fully saturated rings. The van der Waals surface area contributed by atoms with Crippen molar-refractivity contribution in [1.82, 2.24) is 29.9 Å². The molecule has 458 valence electrons. The Bertz CT molecular complexity index is 5840. The van der Waals surface area contributed by atoms with Crippen molar-refractivity contribution in [3.8, 4) is 130 Å². The molecule has 2 unspecified atom stereocenters. The fraction of sp³-hybridized carbons (Fsp3) is 0.0444. The molecule has 2 aromatic heterocycles. The molecule has 8 heteroatoms. The van der Waals surface area contributed by atoms with Crippen LogP contribution in [0.2, 0.25) is 0 Å². The second-order valence-electron chi connectivity index (χ2n) is 25.8. The van der Waals surface area contributed by atoms with Gasteiger partial charge in [0.1, 0.15) is 23.4 Å². The Hall–Kier alpha value is -12.8. The van der Waals surface area contributed by atoms with Crippen molar-refractivity contribution >= 4 is 10.8 Å². The predicted octanol–water partition coefficient (Wildman–Crippen LogP) is 21.0. The standard InChI is InChI=1S/C90H56N6O2/c1-3-24-57(25-4-1)83-91-85(95-87(93-83)68-35-21-43-76-81(68)97-78-45-17-15-40-73(78)89(76)70-37-12-9-31-65(70)66-32-10-13-38-71(66)89)59-50-47-56(48-51-59)61-29-19-30-62(53-61)64-34-20-42-75-80(64)67-33-11-14-39-72(67)90(75)74-41-16-18-46-79(74)98-82-69(36-22-44-77(82)90)88-94-84(58-26-5-2-6-27-58)92-86(96-88)63-52-49-55-23-7-8-28-60(55)54-63/h1-45,47-54,79H,46H2. The van der Waals surface area contributed by atoms with E-state index < -0.39 is 10.8 Å². The van der Waals surface area contributed by atoms with Gasteiger partial charge in [0.05, 0.1) is 22.0 Å². The minimum absolute atomic E-state index is 0.260. The molecule has 0 radical (unpaired) electrons. The van der Waals surface area contributed by atoms with Crippen molar-refractivity contribution in [2.24, 2.45) is 0 Å². The van der Waals surface area contributed by atoms with E-state index >= 15 is 0 Å². The van der Waals surface area contributed by atoms with Gasteiger partial charge in [0.15, 0.2) is 34.9 Å². The summed E-state index contributed by atoms with van der Waals surface area (Å²) in [5.41, 5.74) is 22.4. The van der Waals surface area contributed by atoms with Crippen LogP contribution in [0, 0.1) is 0 Å². The highest BCUT2D eigenvalue weighted by molar-refractivity contribution is 5.98. The summed E-state index contributed by atoms with van der Waals surface area (Å²) in [5, 5.41) is 2.27. The molecule has 0 bridgehead atoms. The molecule has 8 nitrogen and oxygen atoms in total. The van der Waals surface area contributed by atoms with Gasteiger partial charge in [-0.25, -0.2) is 29.9 Å². The zero-order valence-electron chi connectivity index (χ0n) is 52.9. The van der Waals surface area contributed by atoms with Crippen molar-refractivity contribution in [1.29, 1.82) is 0 Å². The lowest BCUT2D eigenvalue weighted by Crippen LogP contribution is -2.42. The molecule has 2 atom stereocenters. The first-order valence-electron chi connectivity index (χ1n) is 33.4. The van der Waals surface area contributed by atoms with E-state index in [-0.39, 0.29) is 6.10 Å². The van der Waals surface area contributed by atoms with E-state index in [1.165, 1.54) is 50.1 Å². The molecular weight excluding hydrogens is 1200 g/mol. The number of aromatic nitrogens is 6. The van der Waals surface area contributed by atoms with E-state index in [1.54, 1.807) is 0 Å². The first-order valence-corrected chi connectivity index (χ1v) is 33.4. The molecule has 4 heterocycles. The highest BCUT2D eigenvalue weighted by atomic mass is 16.5. The number of benzene rings is 13. The topological polar surface area (TPSA) is 95.8 Å². The molecule has 0 saturated carbocycles. The summed E-state index contributed by atoms with van der Waals surface area (Å²) in [6.07, 6.45) is 7.17. The Morgan fingerprint density at radius 3 is 1.41 bits per heavy atom. The average Bonchev–Trinajstić information content (AvgIpc) is 1.50. The molecule has 2 aliphatic heterocycles. The maximum absolute atomic E-state index is 7.39. The highest BCUT2D eigenvalue weighted by Crippen LogP contribution is 2.66. The van der Waals surface area contributed by atoms with E-state index in [0.29, 0.717) is 41.4 Å². The molecule has 15 aromatic rings. The molecule has 3 aliphatic carbocycles.